The zero-order valence-electron chi connectivity index (χ0n) is 11.1. The maximum absolute atomic E-state index is 12.7. The van der Waals surface area contributed by atoms with Gasteiger partial charge in [-0.25, -0.2) is 0 Å². The Kier molecular flexibility index (Phi) is 3.49. The molecule has 0 radical (unpaired) electrons. The number of rotatable bonds is 1. The minimum absolute atomic E-state index is 0.00683. The van der Waals surface area contributed by atoms with Gasteiger partial charge in [0.2, 0.25) is 0 Å². The standard InChI is InChI=1S/C16H14BrNO2/c1-11-6-7-12(13(17)10-11)16(19)18-8-9-20-15-5-3-2-4-14(15)18/h2-7,10H,8-9H2,1H3. The van der Waals surface area contributed by atoms with Crippen molar-refractivity contribution in [2.24, 2.45) is 0 Å². The highest BCUT2D eigenvalue weighted by molar-refractivity contribution is 9.10. The molecule has 0 atom stereocenters. The van der Waals surface area contributed by atoms with Crippen LogP contribution < -0.4 is 9.64 Å². The minimum Gasteiger partial charge on any atom is -0.490 e. The van der Waals surface area contributed by atoms with Crippen molar-refractivity contribution in [1.82, 2.24) is 0 Å². The average Bonchev–Trinajstić information content (AvgIpc) is 2.46. The molecule has 2 aromatic rings. The van der Waals surface area contributed by atoms with Crippen molar-refractivity contribution in [3.05, 3.63) is 58.1 Å². The number of hydrogen-bond acceptors (Lipinski definition) is 2. The van der Waals surface area contributed by atoms with E-state index in [2.05, 4.69) is 15.9 Å². The molecule has 1 aliphatic heterocycles. The third kappa shape index (κ3) is 2.31. The number of anilines is 1. The molecule has 102 valence electrons. The number of aryl methyl sites for hydroxylation is 1. The maximum Gasteiger partial charge on any atom is 0.259 e. The number of nitrogens with zero attached hydrogens (tertiary/aromatic N) is 1. The van der Waals surface area contributed by atoms with E-state index < -0.39 is 0 Å². The first-order valence-electron chi connectivity index (χ1n) is 6.46. The van der Waals surface area contributed by atoms with E-state index in [4.69, 9.17) is 4.74 Å². The summed E-state index contributed by atoms with van der Waals surface area (Å²) in [5.74, 6) is 0.753. The average molecular weight is 332 g/mol. The van der Waals surface area contributed by atoms with Crippen LogP contribution in [0, 0.1) is 6.92 Å². The predicted molar refractivity (Wildman–Crippen MR) is 82.5 cm³/mol. The molecule has 0 fully saturated rings. The van der Waals surface area contributed by atoms with Crippen LogP contribution in [0.15, 0.2) is 46.9 Å². The van der Waals surface area contributed by atoms with Gasteiger partial charge >= 0.3 is 0 Å². The Labute approximate surface area is 126 Å². The molecule has 1 heterocycles. The van der Waals surface area contributed by atoms with E-state index in [0.29, 0.717) is 18.7 Å². The van der Waals surface area contributed by atoms with Crippen molar-refractivity contribution >= 4 is 27.5 Å². The van der Waals surface area contributed by atoms with Crippen LogP contribution in [-0.4, -0.2) is 19.1 Å². The zero-order chi connectivity index (χ0) is 14.1. The molecule has 0 saturated heterocycles. The SMILES string of the molecule is Cc1ccc(C(=O)N2CCOc3ccccc32)c(Br)c1. The van der Waals surface area contributed by atoms with Crippen molar-refractivity contribution in [2.75, 3.05) is 18.1 Å². The summed E-state index contributed by atoms with van der Waals surface area (Å²) in [5, 5.41) is 0. The van der Waals surface area contributed by atoms with Crippen LogP contribution in [0.2, 0.25) is 0 Å². The molecule has 1 aliphatic rings. The normalized spacial score (nSPS) is 13.6. The summed E-state index contributed by atoms with van der Waals surface area (Å²) < 4.78 is 6.41. The molecule has 20 heavy (non-hydrogen) atoms. The van der Waals surface area contributed by atoms with Gasteiger partial charge in [-0.1, -0.05) is 18.2 Å². The topological polar surface area (TPSA) is 29.5 Å². The van der Waals surface area contributed by atoms with E-state index in [1.807, 2.05) is 49.4 Å². The van der Waals surface area contributed by atoms with Gasteiger partial charge in [-0.3, -0.25) is 4.79 Å². The molecule has 0 saturated carbocycles. The molecule has 2 aromatic carbocycles. The number of benzene rings is 2. The Balaban J connectivity index is 2.00. The Hall–Kier alpha value is -1.81. The molecular weight excluding hydrogens is 318 g/mol. The molecule has 0 aliphatic carbocycles. The van der Waals surface area contributed by atoms with Gasteiger partial charge in [0.25, 0.3) is 5.91 Å². The van der Waals surface area contributed by atoms with Crippen LogP contribution in [0.1, 0.15) is 15.9 Å². The van der Waals surface area contributed by atoms with E-state index in [9.17, 15) is 4.79 Å². The second-order valence-electron chi connectivity index (χ2n) is 4.76. The monoisotopic (exact) mass is 331 g/mol. The molecule has 0 bridgehead atoms. The maximum atomic E-state index is 12.7. The van der Waals surface area contributed by atoms with Crippen LogP contribution in [0.25, 0.3) is 0 Å². The third-order valence-corrected chi connectivity index (χ3v) is 3.98. The number of halogens is 1. The second-order valence-corrected chi connectivity index (χ2v) is 5.61. The van der Waals surface area contributed by atoms with E-state index in [0.717, 1.165) is 21.5 Å². The van der Waals surface area contributed by atoms with Crippen molar-refractivity contribution in [2.45, 2.75) is 6.92 Å². The molecule has 0 unspecified atom stereocenters. The fourth-order valence-corrected chi connectivity index (χ4v) is 2.98. The van der Waals surface area contributed by atoms with Crippen molar-refractivity contribution in [3.63, 3.8) is 0 Å². The van der Waals surface area contributed by atoms with Gasteiger partial charge in [0.15, 0.2) is 0 Å². The largest absolute Gasteiger partial charge is 0.490 e. The summed E-state index contributed by atoms with van der Waals surface area (Å²) in [4.78, 5) is 14.5. The summed E-state index contributed by atoms with van der Waals surface area (Å²) in [6, 6.07) is 13.4. The van der Waals surface area contributed by atoms with Crippen molar-refractivity contribution < 1.29 is 9.53 Å². The molecule has 0 spiro atoms. The summed E-state index contributed by atoms with van der Waals surface area (Å²) in [6.07, 6.45) is 0. The Bertz CT molecular complexity index is 669. The molecule has 3 nitrogen and oxygen atoms in total. The van der Waals surface area contributed by atoms with E-state index >= 15 is 0 Å². The van der Waals surface area contributed by atoms with Gasteiger partial charge in [-0.2, -0.15) is 0 Å². The van der Waals surface area contributed by atoms with Crippen LogP contribution in [0.3, 0.4) is 0 Å². The molecule has 0 aromatic heterocycles. The lowest BCUT2D eigenvalue weighted by Crippen LogP contribution is -2.38. The first kappa shape index (κ1) is 13.2. The summed E-state index contributed by atoms with van der Waals surface area (Å²) in [5.41, 5.74) is 2.62. The molecule has 4 heteroatoms. The Morgan fingerprint density at radius 2 is 2.05 bits per heavy atom. The highest BCUT2D eigenvalue weighted by atomic mass is 79.9. The van der Waals surface area contributed by atoms with E-state index in [1.165, 1.54) is 0 Å². The fourth-order valence-electron chi connectivity index (χ4n) is 2.32. The Morgan fingerprint density at radius 1 is 1.25 bits per heavy atom. The quantitative estimate of drug-likeness (QED) is 0.795. The van der Waals surface area contributed by atoms with E-state index in [-0.39, 0.29) is 5.91 Å². The highest BCUT2D eigenvalue weighted by Gasteiger charge is 2.25. The minimum atomic E-state index is -0.00683. The van der Waals surface area contributed by atoms with Gasteiger partial charge in [-0.05, 0) is 52.7 Å². The predicted octanol–water partition coefficient (Wildman–Crippen LogP) is 3.80. The van der Waals surface area contributed by atoms with Crippen molar-refractivity contribution in [3.8, 4) is 5.75 Å². The number of carbonyl (C=O) groups is 1. The smallest absolute Gasteiger partial charge is 0.259 e. The Morgan fingerprint density at radius 3 is 2.85 bits per heavy atom. The number of hydrogen-bond donors (Lipinski definition) is 0. The van der Waals surface area contributed by atoms with Gasteiger partial charge in [0.05, 0.1) is 17.8 Å². The van der Waals surface area contributed by atoms with Gasteiger partial charge in [0.1, 0.15) is 12.4 Å². The molecule has 1 amide bonds. The zero-order valence-corrected chi connectivity index (χ0v) is 12.7. The second kappa shape index (κ2) is 5.29. The van der Waals surface area contributed by atoms with Crippen molar-refractivity contribution in [1.29, 1.82) is 0 Å². The summed E-state index contributed by atoms with van der Waals surface area (Å²) >= 11 is 3.48. The first-order chi connectivity index (χ1) is 9.66. The summed E-state index contributed by atoms with van der Waals surface area (Å²) in [6.45, 7) is 3.09. The number of amides is 1. The fraction of sp³-hybridized carbons (Fsp3) is 0.188. The molecule has 3 rings (SSSR count). The lowest BCUT2D eigenvalue weighted by molar-refractivity contribution is 0.0976. The summed E-state index contributed by atoms with van der Waals surface area (Å²) in [7, 11) is 0. The highest BCUT2D eigenvalue weighted by Crippen LogP contribution is 2.33. The van der Waals surface area contributed by atoms with Gasteiger partial charge < -0.3 is 9.64 Å². The third-order valence-electron chi connectivity index (χ3n) is 3.33. The van der Waals surface area contributed by atoms with Gasteiger partial charge in [0, 0.05) is 4.47 Å². The number of para-hydroxylation sites is 2. The first-order valence-corrected chi connectivity index (χ1v) is 7.26. The number of carbonyl (C=O) groups excluding carboxylic acids is 1. The van der Waals surface area contributed by atoms with E-state index in [1.54, 1.807) is 4.90 Å². The number of ether oxygens (including phenoxy) is 1. The van der Waals surface area contributed by atoms with Gasteiger partial charge in [-0.15, -0.1) is 0 Å². The van der Waals surface area contributed by atoms with Crippen LogP contribution in [0.5, 0.6) is 5.75 Å². The number of fused-ring (bicyclic) bond motifs is 1. The molecule has 0 N–H and O–H groups in total. The lowest BCUT2D eigenvalue weighted by Gasteiger charge is -2.29. The molecular formula is C16H14BrNO2. The van der Waals surface area contributed by atoms with Crippen LogP contribution >= 0.6 is 15.9 Å². The van der Waals surface area contributed by atoms with Crippen LogP contribution in [-0.2, 0) is 0 Å². The van der Waals surface area contributed by atoms with Crippen LogP contribution in [0.4, 0.5) is 5.69 Å². The lowest BCUT2D eigenvalue weighted by atomic mass is 10.1.